The zero-order chi connectivity index (χ0) is 24.7. The summed E-state index contributed by atoms with van der Waals surface area (Å²) >= 11 is 1.55. The Morgan fingerprint density at radius 1 is 0.972 bits per heavy atom. The van der Waals surface area contributed by atoms with Crippen LogP contribution in [0.3, 0.4) is 0 Å². The van der Waals surface area contributed by atoms with Crippen molar-refractivity contribution in [3.63, 3.8) is 0 Å². The van der Waals surface area contributed by atoms with Crippen LogP contribution in [0, 0.1) is 6.92 Å². The van der Waals surface area contributed by atoms with Gasteiger partial charge in [-0.1, -0.05) is 73.4 Å². The quantitative estimate of drug-likeness (QED) is 0.230. The summed E-state index contributed by atoms with van der Waals surface area (Å²) in [5, 5.41) is 2.81. The molecule has 0 aliphatic heterocycles. The Bertz CT molecular complexity index is 1320. The minimum absolute atomic E-state index is 0.495. The van der Waals surface area contributed by atoms with Crippen LogP contribution in [-0.2, 0) is 6.61 Å². The summed E-state index contributed by atoms with van der Waals surface area (Å²) in [6.45, 7) is 2.58. The van der Waals surface area contributed by atoms with Crippen molar-refractivity contribution in [2.24, 2.45) is 4.99 Å². The van der Waals surface area contributed by atoms with Crippen molar-refractivity contribution in [1.29, 1.82) is 0 Å². The van der Waals surface area contributed by atoms with Crippen molar-refractivity contribution in [2.75, 3.05) is 7.11 Å². The second kappa shape index (κ2) is 11.5. The number of hydrogen-bond donors (Lipinski definition) is 0. The monoisotopic (exact) mass is 496 g/mol. The molecule has 184 valence electrons. The van der Waals surface area contributed by atoms with Gasteiger partial charge in [0.25, 0.3) is 0 Å². The third kappa shape index (κ3) is 6.03. The molecule has 1 aromatic heterocycles. The van der Waals surface area contributed by atoms with E-state index in [0.717, 1.165) is 33.4 Å². The lowest BCUT2D eigenvalue weighted by atomic mass is 9.84. The number of nitrogens with zero attached hydrogens (tertiary/aromatic N) is 2. The van der Waals surface area contributed by atoms with Gasteiger partial charge in [-0.05, 0) is 60.6 Å². The van der Waals surface area contributed by atoms with Crippen LogP contribution in [-0.4, -0.2) is 18.3 Å². The van der Waals surface area contributed by atoms with Crippen LogP contribution in [0.4, 0.5) is 5.13 Å². The fourth-order valence-corrected chi connectivity index (χ4v) is 5.47. The molecule has 0 amide bonds. The second-order valence-electron chi connectivity index (χ2n) is 9.42. The number of rotatable bonds is 8. The fourth-order valence-electron chi connectivity index (χ4n) is 4.79. The number of aliphatic imine (C=N–C) groups is 1. The summed E-state index contributed by atoms with van der Waals surface area (Å²) in [7, 11) is 1.66. The molecular weight excluding hydrogens is 464 g/mol. The SMILES string of the molecule is COc1cc(C=Nc2nc(-c3ccc(C4CCCCC4)cc3)cs2)ccc1OCc1cccc(C)c1. The third-order valence-electron chi connectivity index (χ3n) is 6.76. The summed E-state index contributed by atoms with van der Waals surface area (Å²) in [5.74, 6) is 2.12. The lowest BCUT2D eigenvalue weighted by molar-refractivity contribution is 0.284. The maximum atomic E-state index is 6.01. The zero-order valence-corrected chi connectivity index (χ0v) is 21.8. The Hall–Kier alpha value is -3.44. The molecule has 0 bridgehead atoms. The maximum absolute atomic E-state index is 6.01. The van der Waals surface area contributed by atoms with E-state index in [-0.39, 0.29) is 0 Å². The van der Waals surface area contributed by atoms with E-state index in [0.29, 0.717) is 18.1 Å². The molecule has 3 aromatic carbocycles. The van der Waals surface area contributed by atoms with Gasteiger partial charge >= 0.3 is 0 Å². The summed E-state index contributed by atoms with van der Waals surface area (Å²) in [6.07, 6.45) is 8.56. The van der Waals surface area contributed by atoms with E-state index in [4.69, 9.17) is 14.5 Å². The van der Waals surface area contributed by atoms with Crippen LogP contribution in [0.15, 0.2) is 77.1 Å². The van der Waals surface area contributed by atoms with Gasteiger partial charge in [0.05, 0.1) is 12.8 Å². The van der Waals surface area contributed by atoms with Crippen LogP contribution in [0.25, 0.3) is 11.3 Å². The first-order valence-corrected chi connectivity index (χ1v) is 13.5. The topological polar surface area (TPSA) is 43.7 Å². The Morgan fingerprint density at radius 2 is 1.81 bits per heavy atom. The molecule has 4 nitrogen and oxygen atoms in total. The predicted molar refractivity (Wildman–Crippen MR) is 149 cm³/mol. The summed E-state index contributed by atoms with van der Waals surface area (Å²) in [6, 6.07) is 23.1. The number of hydrogen-bond acceptors (Lipinski definition) is 5. The van der Waals surface area contributed by atoms with Crippen molar-refractivity contribution >= 4 is 22.7 Å². The predicted octanol–water partition coefficient (Wildman–Crippen LogP) is 8.50. The zero-order valence-electron chi connectivity index (χ0n) is 20.9. The molecule has 5 heteroatoms. The highest BCUT2D eigenvalue weighted by Gasteiger charge is 2.15. The smallest absolute Gasteiger partial charge is 0.209 e. The van der Waals surface area contributed by atoms with Crippen molar-refractivity contribution in [1.82, 2.24) is 4.98 Å². The second-order valence-corrected chi connectivity index (χ2v) is 10.3. The maximum Gasteiger partial charge on any atom is 0.209 e. The largest absolute Gasteiger partial charge is 0.493 e. The molecule has 1 fully saturated rings. The minimum atomic E-state index is 0.495. The number of aryl methyl sites for hydroxylation is 1. The molecule has 5 rings (SSSR count). The molecule has 1 saturated carbocycles. The lowest BCUT2D eigenvalue weighted by Crippen LogP contribution is -2.04. The van der Waals surface area contributed by atoms with Gasteiger partial charge in [-0.15, -0.1) is 11.3 Å². The summed E-state index contributed by atoms with van der Waals surface area (Å²) in [4.78, 5) is 9.34. The number of thiazole rings is 1. The van der Waals surface area contributed by atoms with Crippen molar-refractivity contribution < 1.29 is 9.47 Å². The van der Waals surface area contributed by atoms with Crippen LogP contribution in [0.2, 0.25) is 0 Å². The van der Waals surface area contributed by atoms with Gasteiger partial charge in [-0.2, -0.15) is 0 Å². The first kappa shape index (κ1) is 24.3. The Balaban J connectivity index is 1.23. The van der Waals surface area contributed by atoms with Crippen LogP contribution < -0.4 is 9.47 Å². The molecule has 0 N–H and O–H groups in total. The Morgan fingerprint density at radius 3 is 2.58 bits per heavy atom. The standard InChI is InChI=1S/C31H32N2O2S/c1-22-7-6-8-24(17-22)20-35-29-16-11-23(18-30(29)34-2)19-32-31-33-28(21-36-31)27-14-12-26(13-15-27)25-9-4-3-5-10-25/h6-8,11-19,21,25H,3-5,9-10,20H2,1-2H3. The van der Waals surface area contributed by atoms with E-state index in [1.807, 2.05) is 30.5 Å². The lowest BCUT2D eigenvalue weighted by Gasteiger charge is -2.22. The van der Waals surface area contributed by atoms with E-state index in [1.165, 1.54) is 43.2 Å². The summed E-state index contributed by atoms with van der Waals surface area (Å²) in [5.41, 5.74) is 6.86. The first-order valence-electron chi connectivity index (χ1n) is 12.6. The van der Waals surface area contributed by atoms with Gasteiger partial charge in [0.2, 0.25) is 5.13 Å². The van der Waals surface area contributed by atoms with E-state index >= 15 is 0 Å². The molecule has 1 aliphatic rings. The number of aromatic nitrogens is 1. The summed E-state index contributed by atoms with van der Waals surface area (Å²) < 4.78 is 11.6. The first-order chi connectivity index (χ1) is 17.7. The molecule has 0 unspecified atom stereocenters. The van der Waals surface area contributed by atoms with Gasteiger partial charge < -0.3 is 9.47 Å². The molecule has 4 aromatic rings. The molecule has 0 atom stereocenters. The van der Waals surface area contributed by atoms with Crippen LogP contribution in [0.1, 0.15) is 60.3 Å². The highest BCUT2D eigenvalue weighted by atomic mass is 32.1. The highest BCUT2D eigenvalue weighted by Crippen LogP contribution is 2.34. The Labute approximate surface area is 217 Å². The van der Waals surface area contributed by atoms with Gasteiger partial charge in [0.15, 0.2) is 11.5 Å². The van der Waals surface area contributed by atoms with E-state index in [9.17, 15) is 0 Å². The molecule has 0 radical (unpaired) electrons. The average Bonchev–Trinajstić information content (AvgIpc) is 3.41. The van der Waals surface area contributed by atoms with Crippen LogP contribution in [0.5, 0.6) is 11.5 Å². The normalized spacial score (nSPS) is 14.3. The van der Waals surface area contributed by atoms with Crippen molar-refractivity contribution in [3.8, 4) is 22.8 Å². The molecule has 36 heavy (non-hydrogen) atoms. The fraction of sp³-hybridized carbons (Fsp3) is 0.290. The van der Waals surface area contributed by atoms with Crippen molar-refractivity contribution in [3.05, 3.63) is 94.4 Å². The van der Waals surface area contributed by atoms with Gasteiger partial charge in [-0.25, -0.2) is 9.98 Å². The number of benzene rings is 3. The molecule has 0 saturated heterocycles. The van der Waals surface area contributed by atoms with Gasteiger partial charge in [0, 0.05) is 17.2 Å². The minimum Gasteiger partial charge on any atom is -0.493 e. The Kier molecular flexibility index (Phi) is 7.77. The number of methoxy groups -OCH3 is 1. The molecule has 1 aliphatic carbocycles. The highest BCUT2D eigenvalue weighted by molar-refractivity contribution is 7.13. The van der Waals surface area contributed by atoms with Gasteiger partial charge in [-0.3, -0.25) is 0 Å². The number of ether oxygens (including phenoxy) is 2. The van der Waals surface area contributed by atoms with E-state index in [1.54, 1.807) is 18.4 Å². The van der Waals surface area contributed by atoms with Crippen LogP contribution >= 0.6 is 11.3 Å². The molecule has 1 heterocycles. The van der Waals surface area contributed by atoms with Crippen molar-refractivity contribution in [2.45, 2.75) is 51.6 Å². The molecule has 0 spiro atoms. The van der Waals surface area contributed by atoms with Gasteiger partial charge in [0.1, 0.15) is 6.61 Å². The third-order valence-corrected chi connectivity index (χ3v) is 7.51. The molecular formula is C31H32N2O2S. The van der Waals surface area contributed by atoms with E-state index in [2.05, 4.69) is 59.8 Å². The average molecular weight is 497 g/mol. The van der Waals surface area contributed by atoms with E-state index < -0.39 is 0 Å².